The van der Waals surface area contributed by atoms with Gasteiger partial charge in [0.25, 0.3) is 0 Å². The Hall–Kier alpha value is -1.90. The molecular formula is C17H19BrN2O4S. The molecule has 25 heavy (non-hydrogen) atoms. The van der Waals surface area contributed by atoms with E-state index in [4.69, 9.17) is 4.74 Å². The molecule has 0 spiro atoms. The van der Waals surface area contributed by atoms with Crippen LogP contribution in [0.2, 0.25) is 0 Å². The predicted octanol–water partition coefficient (Wildman–Crippen LogP) is 3.07. The molecule has 2 aromatic rings. The molecule has 0 saturated carbocycles. The number of benzene rings is 2. The number of nitrogens with one attached hydrogen (secondary N) is 2. The molecule has 1 atom stereocenters. The zero-order chi connectivity index (χ0) is 18.6. The van der Waals surface area contributed by atoms with E-state index in [2.05, 4.69) is 26.0 Å². The number of amides is 1. The lowest BCUT2D eigenvalue weighted by atomic mass is 10.2. The second-order valence-electron chi connectivity index (χ2n) is 5.49. The minimum absolute atomic E-state index is 0.0866. The number of methoxy groups -OCH3 is 1. The third kappa shape index (κ3) is 5.04. The summed E-state index contributed by atoms with van der Waals surface area (Å²) >= 11 is 3.25. The molecule has 2 N–H and O–H groups in total. The molecule has 0 unspecified atom stereocenters. The fourth-order valence-electron chi connectivity index (χ4n) is 2.13. The summed E-state index contributed by atoms with van der Waals surface area (Å²) in [5, 5.41) is 2.69. The first-order valence-corrected chi connectivity index (χ1v) is 9.74. The lowest BCUT2D eigenvalue weighted by Gasteiger charge is -2.16. The van der Waals surface area contributed by atoms with E-state index in [-0.39, 0.29) is 4.90 Å². The molecule has 134 valence electrons. The van der Waals surface area contributed by atoms with Crippen molar-refractivity contribution in [2.75, 3.05) is 12.4 Å². The number of ether oxygens (including phenoxy) is 1. The van der Waals surface area contributed by atoms with Crippen molar-refractivity contribution in [1.82, 2.24) is 4.72 Å². The average Bonchev–Trinajstić information content (AvgIpc) is 2.55. The summed E-state index contributed by atoms with van der Waals surface area (Å²) in [5.41, 5.74) is 1.43. The van der Waals surface area contributed by atoms with Crippen molar-refractivity contribution in [2.45, 2.75) is 24.8 Å². The van der Waals surface area contributed by atoms with Gasteiger partial charge in [0.1, 0.15) is 5.75 Å². The van der Waals surface area contributed by atoms with Crippen molar-refractivity contribution >= 4 is 37.5 Å². The van der Waals surface area contributed by atoms with Crippen molar-refractivity contribution in [2.24, 2.45) is 0 Å². The van der Waals surface area contributed by atoms with Crippen LogP contribution in [0.15, 0.2) is 51.8 Å². The first-order chi connectivity index (χ1) is 11.7. The van der Waals surface area contributed by atoms with Crippen LogP contribution < -0.4 is 14.8 Å². The van der Waals surface area contributed by atoms with E-state index >= 15 is 0 Å². The highest BCUT2D eigenvalue weighted by Crippen LogP contribution is 2.25. The van der Waals surface area contributed by atoms with Crippen molar-refractivity contribution < 1.29 is 17.9 Å². The lowest BCUT2D eigenvalue weighted by Crippen LogP contribution is -2.41. The number of aryl methyl sites for hydroxylation is 1. The third-order valence-corrected chi connectivity index (χ3v) is 5.55. The number of rotatable bonds is 6. The minimum atomic E-state index is -3.80. The fourth-order valence-corrected chi connectivity index (χ4v) is 3.60. The Morgan fingerprint density at radius 3 is 2.40 bits per heavy atom. The Morgan fingerprint density at radius 1 is 1.16 bits per heavy atom. The molecule has 0 heterocycles. The number of hydrogen-bond donors (Lipinski definition) is 2. The molecule has 6 nitrogen and oxygen atoms in total. The maximum atomic E-state index is 12.4. The number of carbonyl (C=O) groups excluding carboxylic acids is 1. The number of hydrogen-bond acceptors (Lipinski definition) is 4. The first kappa shape index (κ1) is 19.4. The third-order valence-electron chi connectivity index (χ3n) is 3.46. The summed E-state index contributed by atoms with van der Waals surface area (Å²) in [6, 6.07) is 10.6. The molecule has 2 aromatic carbocycles. The van der Waals surface area contributed by atoms with Crippen LogP contribution in [-0.2, 0) is 14.8 Å². The molecule has 0 radical (unpaired) electrons. The summed E-state index contributed by atoms with van der Waals surface area (Å²) in [7, 11) is -2.30. The Balaban J connectivity index is 2.12. The second kappa shape index (κ2) is 7.99. The monoisotopic (exact) mass is 426 g/mol. The van der Waals surface area contributed by atoms with Gasteiger partial charge in [-0.1, -0.05) is 22.0 Å². The van der Waals surface area contributed by atoms with Gasteiger partial charge in [-0.25, -0.2) is 8.42 Å². The van der Waals surface area contributed by atoms with Gasteiger partial charge in [0, 0.05) is 4.47 Å². The first-order valence-electron chi connectivity index (χ1n) is 7.46. The van der Waals surface area contributed by atoms with E-state index in [1.807, 2.05) is 13.0 Å². The number of carbonyl (C=O) groups is 1. The van der Waals surface area contributed by atoms with Gasteiger partial charge in [0.15, 0.2) is 0 Å². The maximum absolute atomic E-state index is 12.4. The smallest absolute Gasteiger partial charge is 0.242 e. The summed E-state index contributed by atoms with van der Waals surface area (Å²) in [5.74, 6) is 0.0199. The zero-order valence-electron chi connectivity index (χ0n) is 14.0. The highest BCUT2D eigenvalue weighted by molar-refractivity contribution is 9.10. The van der Waals surface area contributed by atoms with Gasteiger partial charge >= 0.3 is 0 Å². The minimum Gasteiger partial charge on any atom is -0.495 e. The van der Waals surface area contributed by atoms with Crippen LogP contribution in [0.4, 0.5) is 5.69 Å². The van der Waals surface area contributed by atoms with E-state index in [1.165, 1.54) is 26.2 Å². The van der Waals surface area contributed by atoms with Gasteiger partial charge in [-0.05, 0) is 55.8 Å². The number of anilines is 1. The van der Waals surface area contributed by atoms with E-state index in [1.54, 1.807) is 24.3 Å². The quantitative estimate of drug-likeness (QED) is 0.742. The van der Waals surface area contributed by atoms with Gasteiger partial charge in [-0.3, -0.25) is 4.79 Å². The van der Waals surface area contributed by atoms with Crippen LogP contribution in [0.5, 0.6) is 5.75 Å². The zero-order valence-corrected chi connectivity index (χ0v) is 16.4. The molecule has 2 rings (SSSR count). The maximum Gasteiger partial charge on any atom is 0.242 e. The van der Waals surface area contributed by atoms with Crippen molar-refractivity contribution in [3.8, 4) is 5.75 Å². The Labute approximate surface area is 155 Å². The SMILES string of the molecule is COc1ccc(C)cc1NC(=O)[C@H](C)NS(=O)(=O)c1ccc(Br)cc1. The van der Waals surface area contributed by atoms with E-state index in [0.29, 0.717) is 11.4 Å². The predicted molar refractivity (Wildman–Crippen MR) is 100 cm³/mol. The molecule has 1 amide bonds. The topological polar surface area (TPSA) is 84.5 Å². The van der Waals surface area contributed by atoms with Crippen molar-refractivity contribution in [3.63, 3.8) is 0 Å². The molecule has 0 aromatic heterocycles. The molecule has 0 saturated heterocycles. The van der Waals surface area contributed by atoms with Crippen LogP contribution in [-0.4, -0.2) is 27.5 Å². The summed E-state index contributed by atoms with van der Waals surface area (Å²) in [4.78, 5) is 12.4. The van der Waals surface area contributed by atoms with Crippen LogP contribution >= 0.6 is 15.9 Å². The van der Waals surface area contributed by atoms with Crippen molar-refractivity contribution in [3.05, 3.63) is 52.5 Å². The number of sulfonamides is 1. The standard InChI is InChI=1S/C17H19BrN2O4S/c1-11-4-9-16(24-3)15(10-11)19-17(21)12(2)20-25(22,23)14-7-5-13(18)6-8-14/h4-10,12,20H,1-3H3,(H,19,21)/t12-/m0/s1. The van der Waals surface area contributed by atoms with Gasteiger partial charge in [-0.15, -0.1) is 0 Å². The molecular weight excluding hydrogens is 408 g/mol. The van der Waals surface area contributed by atoms with Gasteiger partial charge in [0.2, 0.25) is 15.9 Å². The molecule has 0 bridgehead atoms. The van der Waals surface area contributed by atoms with Crippen LogP contribution in [0.25, 0.3) is 0 Å². The van der Waals surface area contributed by atoms with Crippen LogP contribution in [0.3, 0.4) is 0 Å². The second-order valence-corrected chi connectivity index (χ2v) is 8.12. The summed E-state index contributed by atoms with van der Waals surface area (Å²) in [6.45, 7) is 3.36. The van der Waals surface area contributed by atoms with E-state index in [0.717, 1.165) is 10.0 Å². The summed E-state index contributed by atoms with van der Waals surface area (Å²) < 4.78 is 33.1. The lowest BCUT2D eigenvalue weighted by molar-refractivity contribution is -0.117. The Kier molecular flexibility index (Phi) is 6.21. The Bertz CT molecular complexity index is 867. The van der Waals surface area contributed by atoms with Gasteiger partial charge in [-0.2, -0.15) is 4.72 Å². The molecule has 0 aliphatic rings. The van der Waals surface area contributed by atoms with Gasteiger partial charge < -0.3 is 10.1 Å². The van der Waals surface area contributed by atoms with Crippen molar-refractivity contribution in [1.29, 1.82) is 0 Å². The van der Waals surface area contributed by atoms with E-state index in [9.17, 15) is 13.2 Å². The molecule has 0 fully saturated rings. The largest absolute Gasteiger partial charge is 0.495 e. The molecule has 0 aliphatic carbocycles. The van der Waals surface area contributed by atoms with Gasteiger partial charge in [0.05, 0.1) is 23.7 Å². The average molecular weight is 427 g/mol. The van der Waals surface area contributed by atoms with E-state index < -0.39 is 22.0 Å². The normalized spacial score (nSPS) is 12.5. The van der Waals surface area contributed by atoms with Crippen LogP contribution in [0.1, 0.15) is 12.5 Å². The molecule has 0 aliphatic heterocycles. The molecule has 8 heteroatoms. The number of halogens is 1. The highest BCUT2D eigenvalue weighted by Gasteiger charge is 2.22. The Morgan fingerprint density at radius 2 is 1.80 bits per heavy atom. The summed E-state index contributed by atoms with van der Waals surface area (Å²) in [6.07, 6.45) is 0. The van der Waals surface area contributed by atoms with Crippen LogP contribution in [0, 0.1) is 6.92 Å². The fraction of sp³-hybridized carbons (Fsp3) is 0.235. The highest BCUT2D eigenvalue weighted by atomic mass is 79.9.